The van der Waals surface area contributed by atoms with Crippen molar-refractivity contribution in [3.8, 4) is 21.8 Å². The maximum Gasteiger partial charge on any atom is 0.0841 e. The van der Waals surface area contributed by atoms with Gasteiger partial charge in [0, 0.05) is 12.0 Å². The van der Waals surface area contributed by atoms with Gasteiger partial charge in [-0.1, -0.05) is 42.8 Å². The standard InChI is InChI=1S/C22H21NOS/c1(3-8-18-14-24-18)7-16-13-17-12-15-6-2-4-9-19(15)21(17)23-22(16)20-10-5-11-25-20/h2,4-6,9-11,13,18H,1,3,7-8,12,14H2. The van der Waals surface area contributed by atoms with Crippen LogP contribution in [-0.4, -0.2) is 17.7 Å². The van der Waals surface area contributed by atoms with Crippen LogP contribution in [0.4, 0.5) is 0 Å². The summed E-state index contributed by atoms with van der Waals surface area (Å²) in [4.78, 5) is 6.43. The summed E-state index contributed by atoms with van der Waals surface area (Å²) >= 11 is 1.79. The van der Waals surface area contributed by atoms with E-state index in [9.17, 15) is 0 Å². The summed E-state index contributed by atoms with van der Waals surface area (Å²) in [5.41, 5.74) is 7.90. The number of pyridine rings is 1. The highest BCUT2D eigenvalue weighted by atomic mass is 32.1. The van der Waals surface area contributed by atoms with E-state index in [2.05, 4.69) is 47.8 Å². The topological polar surface area (TPSA) is 25.4 Å². The van der Waals surface area contributed by atoms with Gasteiger partial charge in [-0.05, 0) is 47.4 Å². The molecule has 3 heterocycles. The highest BCUT2D eigenvalue weighted by molar-refractivity contribution is 7.13. The second-order valence-electron chi connectivity index (χ2n) is 7.02. The Morgan fingerprint density at radius 2 is 1.96 bits per heavy atom. The minimum absolute atomic E-state index is 0.546. The summed E-state index contributed by atoms with van der Waals surface area (Å²) in [5.74, 6) is 0. The summed E-state index contributed by atoms with van der Waals surface area (Å²) in [6.45, 7) is 0.971. The number of hydrogen-bond donors (Lipinski definition) is 0. The number of aromatic nitrogens is 1. The lowest BCUT2D eigenvalue weighted by Crippen LogP contribution is -1.98. The number of unbranched alkanes of at least 4 members (excludes halogenated alkanes) is 1. The van der Waals surface area contributed by atoms with Crippen LogP contribution in [0.3, 0.4) is 0 Å². The molecular formula is C22H21NOS. The lowest BCUT2D eigenvalue weighted by atomic mass is 10.0. The molecule has 0 saturated carbocycles. The Balaban J connectivity index is 1.48. The molecule has 3 heteroatoms. The minimum Gasteiger partial charge on any atom is -0.373 e. The van der Waals surface area contributed by atoms with E-state index in [1.54, 1.807) is 11.3 Å². The second-order valence-corrected chi connectivity index (χ2v) is 7.96. The monoisotopic (exact) mass is 347 g/mol. The largest absolute Gasteiger partial charge is 0.373 e. The summed E-state index contributed by atoms with van der Waals surface area (Å²) in [5, 5.41) is 2.15. The van der Waals surface area contributed by atoms with Crippen LogP contribution in [-0.2, 0) is 17.6 Å². The van der Waals surface area contributed by atoms with Crippen LogP contribution in [0.25, 0.3) is 21.8 Å². The molecule has 25 heavy (non-hydrogen) atoms. The first-order chi connectivity index (χ1) is 12.4. The summed E-state index contributed by atoms with van der Waals surface area (Å²) in [6.07, 6.45) is 6.34. The van der Waals surface area contributed by atoms with Crippen LogP contribution in [0, 0.1) is 0 Å². The molecule has 0 bridgehead atoms. The van der Waals surface area contributed by atoms with Gasteiger partial charge < -0.3 is 4.74 Å². The molecule has 0 spiro atoms. The van der Waals surface area contributed by atoms with Crippen molar-refractivity contribution >= 4 is 11.3 Å². The second kappa shape index (κ2) is 6.40. The molecule has 0 N–H and O–H groups in total. The number of aryl methyl sites for hydroxylation is 1. The van der Waals surface area contributed by atoms with E-state index in [-0.39, 0.29) is 0 Å². The fourth-order valence-corrected chi connectivity index (χ4v) is 4.57. The minimum atomic E-state index is 0.546. The zero-order valence-electron chi connectivity index (χ0n) is 14.2. The third-order valence-electron chi connectivity index (χ3n) is 5.21. The van der Waals surface area contributed by atoms with Crippen molar-refractivity contribution < 1.29 is 4.74 Å². The average Bonchev–Trinajstić information content (AvgIpc) is 3.17. The first-order valence-corrected chi connectivity index (χ1v) is 10.0. The van der Waals surface area contributed by atoms with Crippen molar-refractivity contribution in [1.82, 2.24) is 4.98 Å². The molecule has 2 nitrogen and oxygen atoms in total. The Bertz CT molecular complexity index is 896. The van der Waals surface area contributed by atoms with Gasteiger partial charge in [-0.25, -0.2) is 4.98 Å². The summed E-state index contributed by atoms with van der Waals surface area (Å²) in [7, 11) is 0. The van der Waals surface area contributed by atoms with Gasteiger partial charge in [0.1, 0.15) is 0 Å². The fourth-order valence-electron chi connectivity index (χ4n) is 3.82. The van der Waals surface area contributed by atoms with Gasteiger partial charge >= 0.3 is 0 Å². The predicted octanol–water partition coefficient (Wildman–Crippen LogP) is 5.49. The molecule has 1 unspecified atom stereocenters. The Morgan fingerprint density at radius 3 is 2.80 bits per heavy atom. The Labute approximate surface area is 152 Å². The molecular weight excluding hydrogens is 326 g/mol. The number of thiophene rings is 1. The molecule has 5 rings (SSSR count). The molecule has 1 atom stereocenters. The van der Waals surface area contributed by atoms with Gasteiger partial charge in [0.05, 0.1) is 29.0 Å². The SMILES string of the molecule is c1csc(-c2nc3c(cc2CCCCC2CO2)Cc2ccccc2-3)c1. The van der Waals surface area contributed by atoms with Crippen molar-refractivity contribution in [3.05, 3.63) is 64.5 Å². The molecule has 1 fully saturated rings. The summed E-state index contributed by atoms with van der Waals surface area (Å²) < 4.78 is 5.33. The number of fused-ring (bicyclic) bond motifs is 3. The number of ether oxygens (including phenoxy) is 1. The van der Waals surface area contributed by atoms with E-state index >= 15 is 0 Å². The predicted molar refractivity (Wildman–Crippen MR) is 103 cm³/mol. The Kier molecular flexibility index (Phi) is 3.91. The van der Waals surface area contributed by atoms with E-state index in [0.29, 0.717) is 6.10 Å². The number of benzene rings is 1. The van der Waals surface area contributed by atoms with Crippen molar-refractivity contribution in [2.45, 2.75) is 38.2 Å². The van der Waals surface area contributed by atoms with Gasteiger partial charge in [0.15, 0.2) is 0 Å². The zero-order valence-corrected chi connectivity index (χ0v) is 15.0. The number of nitrogens with zero attached hydrogens (tertiary/aromatic N) is 1. The van der Waals surface area contributed by atoms with Gasteiger partial charge in [-0.2, -0.15) is 0 Å². The van der Waals surface area contributed by atoms with Crippen LogP contribution < -0.4 is 0 Å². The smallest absolute Gasteiger partial charge is 0.0841 e. The molecule has 1 aromatic carbocycles. The number of hydrogen-bond acceptors (Lipinski definition) is 3. The van der Waals surface area contributed by atoms with Gasteiger partial charge in [0.2, 0.25) is 0 Å². The molecule has 3 aromatic rings. The molecule has 1 aliphatic heterocycles. The van der Waals surface area contributed by atoms with Crippen molar-refractivity contribution in [1.29, 1.82) is 0 Å². The third-order valence-corrected chi connectivity index (χ3v) is 6.09. The number of rotatable bonds is 6. The van der Waals surface area contributed by atoms with Crippen LogP contribution in [0.5, 0.6) is 0 Å². The van der Waals surface area contributed by atoms with Crippen LogP contribution >= 0.6 is 11.3 Å². The maximum atomic E-state index is 5.33. The molecule has 1 aliphatic carbocycles. The zero-order chi connectivity index (χ0) is 16.6. The summed E-state index contributed by atoms with van der Waals surface area (Å²) in [6, 6.07) is 15.4. The lowest BCUT2D eigenvalue weighted by molar-refractivity contribution is 0.389. The van der Waals surface area contributed by atoms with E-state index in [1.165, 1.54) is 57.8 Å². The molecule has 2 aromatic heterocycles. The van der Waals surface area contributed by atoms with E-state index in [4.69, 9.17) is 9.72 Å². The van der Waals surface area contributed by atoms with E-state index < -0.39 is 0 Å². The first kappa shape index (κ1) is 15.3. The first-order valence-electron chi connectivity index (χ1n) is 9.15. The van der Waals surface area contributed by atoms with Crippen molar-refractivity contribution in [2.24, 2.45) is 0 Å². The molecule has 2 aliphatic rings. The Morgan fingerprint density at radius 1 is 1.04 bits per heavy atom. The van der Waals surface area contributed by atoms with Crippen LogP contribution in [0.15, 0.2) is 47.8 Å². The molecule has 1 saturated heterocycles. The quantitative estimate of drug-likeness (QED) is 0.340. The molecule has 0 amide bonds. The molecule has 126 valence electrons. The average molecular weight is 347 g/mol. The van der Waals surface area contributed by atoms with Crippen molar-refractivity contribution in [2.75, 3.05) is 6.61 Å². The fraction of sp³-hybridized carbons (Fsp3) is 0.318. The van der Waals surface area contributed by atoms with Gasteiger partial charge in [-0.15, -0.1) is 11.3 Å². The maximum absolute atomic E-state index is 5.33. The van der Waals surface area contributed by atoms with Gasteiger partial charge in [-0.3, -0.25) is 0 Å². The Hall–Kier alpha value is -1.97. The van der Waals surface area contributed by atoms with Crippen LogP contribution in [0.2, 0.25) is 0 Å². The normalized spacial score (nSPS) is 17.4. The number of epoxide rings is 1. The highest BCUT2D eigenvalue weighted by Crippen LogP contribution is 2.39. The van der Waals surface area contributed by atoms with E-state index in [1.807, 2.05) is 0 Å². The lowest BCUT2D eigenvalue weighted by Gasteiger charge is -2.11. The molecule has 0 radical (unpaired) electrons. The third kappa shape index (κ3) is 3.03. The van der Waals surface area contributed by atoms with Crippen LogP contribution in [0.1, 0.15) is 36.0 Å². The van der Waals surface area contributed by atoms with E-state index in [0.717, 1.165) is 19.4 Å². The highest BCUT2D eigenvalue weighted by Gasteiger charge is 2.23. The van der Waals surface area contributed by atoms with Gasteiger partial charge in [0.25, 0.3) is 0 Å². The van der Waals surface area contributed by atoms with Crippen molar-refractivity contribution in [3.63, 3.8) is 0 Å².